The number of halogens is 4. The molecule has 0 spiro atoms. The van der Waals surface area contributed by atoms with Crippen LogP contribution < -0.4 is 10.4 Å². The topological polar surface area (TPSA) is 93.2 Å². The highest BCUT2D eigenvalue weighted by Gasteiger charge is 2.55. The first-order valence-corrected chi connectivity index (χ1v) is 14.1. The first-order chi connectivity index (χ1) is 17.5. The van der Waals surface area contributed by atoms with Gasteiger partial charge in [0.25, 0.3) is 5.91 Å². The summed E-state index contributed by atoms with van der Waals surface area (Å²) in [4.78, 5) is 16.8. The van der Waals surface area contributed by atoms with Gasteiger partial charge in [-0.05, 0) is 54.4 Å². The van der Waals surface area contributed by atoms with Gasteiger partial charge in [-0.2, -0.15) is 17.5 Å². The highest BCUT2D eigenvalue weighted by molar-refractivity contribution is 8.00. The number of hydroxylamine groups is 1. The highest BCUT2D eigenvalue weighted by atomic mass is 35.5. The summed E-state index contributed by atoms with van der Waals surface area (Å²) in [5.74, 6) is -0.924. The number of sulfonamides is 1. The SMILES string of the molecule is Cl.O=C(NO)C1(S(=O)(=O)N2CCN(c3ccc(SC(F)(F)F)cc3)CC2)CCN(Cc2ccccc2)CC1. The van der Waals surface area contributed by atoms with Crippen molar-refractivity contribution in [1.29, 1.82) is 0 Å². The van der Waals surface area contributed by atoms with Crippen molar-refractivity contribution in [3.8, 4) is 0 Å². The van der Waals surface area contributed by atoms with Crippen molar-refractivity contribution in [3.63, 3.8) is 0 Å². The Labute approximate surface area is 230 Å². The lowest BCUT2D eigenvalue weighted by molar-refractivity contribution is -0.133. The van der Waals surface area contributed by atoms with Crippen molar-refractivity contribution in [2.45, 2.75) is 34.5 Å². The van der Waals surface area contributed by atoms with E-state index in [0.717, 1.165) is 5.56 Å². The fourth-order valence-electron chi connectivity index (χ4n) is 4.91. The summed E-state index contributed by atoms with van der Waals surface area (Å²) < 4.78 is 64.8. The van der Waals surface area contributed by atoms with Gasteiger partial charge in [0, 0.05) is 56.4 Å². The molecule has 14 heteroatoms. The number of hydrogen-bond donors (Lipinski definition) is 2. The predicted molar refractivity (Wildman–Crippen MR) is 142 cm³/mol. The number of rotatable bonds is 7. The van der Waals surface area contributed by atoms with Crippen LogP contribution in [0.15, 0.2) is 59.5 Å². The zero-order chi connectivity index (χ0) is 26.7. The Kier molecular flexibility index (Phi) is 9.98. The minimum Gasteiger partial charge on any atom is -0.369 e. The Balaban J connectivity index is 0.00000400. The molecule has 210 valence electrons. The molecule has 2 aliphatic rings. The highest BCUT2D eigenvalue weighted by Crippen LogP contribution is 2.38. The first kappa shape index (κ1) is 30.5. The van der Waals surface area contributed by atoms with Crippen molar-refractivity contribution < 1.29 is 31.6 Å². The largest absolute Gasteiger partial charge is 0.446 e. The number of carbonyl (C=O) groups excluding carboxylic acids is 1. The molecule has 2 aliphatic heterocycles. The van der Waals surface area contributed by atoms with Crippen LogP contribution in [0.4, 0.5) is 18.9 Å². The number of alkyl halides is 3. The zero-order valence-electron chi connectivity index (χ0n) is 20.4. The summed E-state index contributed by atoms with van der Waals surface area (Å²) >= 11 is -0.187. The average molecular weight is 595 g/mol. The molecule has 2 heterocycles. The third kappa shape index (κ3) is 6.75. The molecule has 0 radical (unpaired) electrons. The molecule has 0 saturated carbocycles. The molecule has 8 nitrogen and oxygen atoms in total. The monoisotopic (exact) mass is 594 g/mol. The van der Waals surface area contributed by atoms with Crippen LogP contribution in [-0.2, 0) is 21.4 Å². The van der Waals surface area contributed by atoms with E-state index in [1.54, 1.807) is 17.6 Å². The van der Waals surface area contributed by atoms with Crippen LogP contribution in [0, 0.1) is 0 Å². The van der Waals surface area contributed by atoms with Gasteiger partial charge in [0.15, 0.2) is 4.75 Å². The first-order valence-electron chi connectivity index (χ1n) is 11.9. The van der Waals surface area contributed by atoms with Gasteiger partial charge < -0.3 is 4.90 Å². The second kappa shape index (κ2) is 12.4. The van der Waals surface area contributed by atoms with Gasteiger partial charge >= 0.3 is 5.51 Å². The van der Waals surface area contributed by atoms with E-state index in [0.29, 0.717) is 38.4 Å². The van der Waals surface area contributed by atoms with Crippen LogP contribution in [0.5, 0.6) is 0 Å². The summed E-state index contributed by atoms with van der Waals surface area (Å²) in [6.07, 6.45) is 0.0974. The lowest BCUT2D eigenvalue weighted by atomic mass is 9.94. The van der Waals surface area contributed by atoms with Gasteiger partial charge in [0.1, 0.15) is 0 Å². The summed E-state index contributed by atoms with van der Waals surface area (Å²) in [7, 11) is -4.11. The molecular formula is C24H30ClF3N4O4S2. The molecule has 0 aliphatic carbocycles. The summed E-state index contributed by atoms with van der Waals surface area (Å²) in [6, 6.07) is 15.7. The average Bonchev–Trinajstić information content (AvgIpc) is 2.89. The predicted octanol–water partition coefficient (Wildman–Crippen LogP) is 3.71. The van der Waals surface area contributed by atoms with Crippen LogP contribution in [0.25, 0.3) is 0 Å². The van der Waals surface area contributed by atoms with Crippen molar-refractivity contribution in [1.82, 2.24) is 14.7 Å². The van der Waals surface area contributed by atoms with E-state index in [-0.39, 0.29) is 55.0 Å². The molecular weight excluding hydrogens is 565 g/mol. The molecule has 2 aromatic rings. The van der Waals surface area contributed by atoms with Gasteiger partial charge in [-0.3, -0.25) is 14.9 Å². The van der Waals surface area contributed by atoms with E-state index < -0.39 is 26.2 Å². The second-order valence-electron chi connectivity index (χ2n) is 9.13. The maximum atomic E-state index is 13.8. The number of amides is 1. The van der Waals surface area contributed by atoms with Gasteiger partial charge in [0.2, 0.25) is 10.0 Å². The van der Waals surface area contributed by atoms with Crippen LogP contribution in [0.2, 0.25) is 0 Å². The second-order valence-corrected chi connectivity index (χ2v) is 12.5. The van der Waals surface area contributed by atoms with Crippen molar-refractivity contribution in [3.05, 3.63) is 60.2 Å². The molecule has 2 fully saturated rings. The summed E-state index contributed by atoms with van der Waals surface area (Å²) in [6.45, 7) is 2.28. The maximum Gasteiger partial charge on any atom is 0.446 e. The smallest absolute Gasteiger partial charge is 0.369 e. The Morgan fingerprint density at radius 2 is 1.53 bits per heavy atom. The third-order valence-electron chi connectivity index (χ3n) is 6.94. The number of nitrogens with one attached hydrogen (secondary N) is 1. The molecule has 38 heavy (non-hydrogen) atoms. The number of hydrogen-bond acceptors (Lipinski definition) is 7. The Bertz CT molecular complexity index is 1170. The standard InChI is InChI=1S/C24H29F3N4O4S2.ClH/c25-24(26,27)36-21-8-6-20(7-9-21)30-14-16-31(17-15-30)37(34,35)23(22(32)28-33)10-12-29(13-11-23)18-19-4-2-1-3-5-19;/h1-9,33H,10-18H2,(H,28,32);1H. The summed E-state index contributed by atoms with van der Waals surface area (Å²) in [5.41, 5.74) is -0.996. The summed E-state index contributed by atoms with van der Waals surface area (Å²) in [5, 5.41) is 9.42. The van der Waals surface area contributed by atoms with E-state index in [4.69, 9.17) is 0 Å². The van der Waals surface area contributed by atoms with Gasteiger partial charge in [-0.25, -0.2) is 13.9 Å². The number of piperidine rings is 1. The van der Waals surface area contributed by atoms with Crippen molar-refractivity contribution in [2.24, 2.45) is 0 Å². The number of nitrogens with zero attached hydrogens (tertiary/aromatic N) is 3. The zero-order valence-corrected chi connectivity index (χ0v) is 22.9. The normalized spacial score (nSPS) is 19.0. The van der Waals surface area contributed by atoms with E-state index in [2.05, 4.69) is 4.90 Å². The van der Waals surface area contributed by atoms with E-state index in [1.165, 1.54) is 16.4 Å². The molecule has 0 aromatic heterocycles. The van der Waals surface area contributed by atoms with Crippen molar-refractivity contribution in [2.75, 3.05) is 44.2 Å². The van der Waals surface area contributed by atoms with E-state index in [1.807, 2.05) is 35.2 Å². The molecule has 0 atom stereocenters. The lowest BCUT2D eigenvalue weighted by Gasteiger charge is -2.44. The fourth-order valence-corrected chi connectivity index (χ4v) is 7.57. The van der Waals surface area contributed by atoms with Crippen LogP contribution in [0.1, 0.15) is 18.4 Å². The minimum atomic E-state index is -4.37. The van der Waals surface area contributed by atoms with Crippen LogP contribution in [0.3, 0.4) is 0 Å². The minimum absolute atomic E-state index is 0. The number of thioether (sulfide) groups is 1. The van der Waals surface area contributed by atoms with Crippen LogP contribution >= 0.6 is 24.2 Å². The van der Waals surface area contributed by atoms with Gasteiger partial charge in [0.05, 0.1) is 0 Å². The number of likely N-dealkylation sites (tertiary alicyclic amines) is 1. The third-order valence-corrected chi connectivity index (χ3v) is 10.3. The number of carbonyl (C=O) groups is 1. The molecule has 2 aromatic carbocycles. The molecule has 0 unspecified atom stereocenters. The Morgan fingerprint density at radius 3 is 2.05 bits per heavy atom. The van der Waals surface area contributed by atoms with Gasteiger partial charge in [-0.1, -0.05) is 30.3 Å². The fraction of sp³-hybridized carbons (Fsp3) is 0.458. The van der Waals surface area contributed by atoms with E-state index >= 15 is 0 Å². The number of benzene rings is 2. The lowest BCUT2D eigenvalue weighted by Crippen LogP contribution is -2.63. The molecule has 0 bridgehead atoms. The molecule has 2 saturated heterocycles. The molecule has 4 rings (SSSR count). The number of anilines is 1. The Hall–Kier alpha value is -2.03. The molecule has 1 amide bonds. The van der Waals surface area contributed by atoms with E-state index in [9.17, 15) is 31.6 Å². The van der Waals surface area contributed by atoms with Crippen LogP contribution in [-0.4, -0.2) is 78.3 Å². The Morgan fingerprint density at radius 1 is 0.947 bits per heavy atom. The van der Waals surface area contributed by atoms with Gasteiger partial charge in [-0.15, -0.1) is 12.4 Å². The van der Waals surface area contributed by atoms with Crippen molar-refractivity contribution >= 4 is 45.8 Å². The molecule has 2 N–H and O–H groups in total. The number of piperazine rings is 1. The quantitative estimate of drug-likeness (QED) is 0.287. The maximum absolute atomic E-state index is 13.8.